The summed E-state index contributed by atoms with van der Waals surface area (Å²) in [6.07, 6.45) is 8.21. The van der Waals surface area contributed by atoms with Gasteiger partial charge in [0.2, 0.25) is 0 Å². The van der Waals surface area contributed by atoms with Crippen LogP contribution in [-0.4, -0.2) is 32.7 Å². The fourth-order valence-electron chi connectivity index (χ4n) is 2.79. The van der Waals surface area contributed by atoms with E-state index in [2.05, 4.69) is 50.0 Å². The smallest absolute Gasteiger partial charge is 0.317 e. The molecule has 0 aliphatic rings. The second kappa shape index (κ2) is 8.34. The lowest BCUT2D eigenvalue weighted by Gasteiger charge is -2.29. The molecule has 1 atom stereocenters. The van der Waals surface area contributed by atoms with Crippen LogP contribution in [0.15, 0.2) is 36.9 Å². The van der Waals surface area contributed by atoms with Crippen molar-refractivity contribution in [1.82, 2.24) is 25.0 Å². The number of amides is 2. The van der Waals surface area contributed by atoms with Crippen molar-refractivity contribution in [2.45, 2.75) is 59.7 Å². The minimum absolute atomic E-state index is 0.0722. The molecule has 2 rings (SSSR count). The molecule has 0 spiro atoms. The molecule has 0 unspecified atom stereocenters. The highest BCUT2D eigenvalue weighted by Gasteiger charge is 2.23. The van der Waals surface area contributed by atoms with Gasteiger partial charge in [-0.1, -0.05) is 26.8 Å². The van der Waals surface area contributed by atoms with Crippen LogP contribution in [0.1, 0.15) is 64.3 Å². The van der Waals surface area contributed by atoms with Crippen molar-refractivity contribution in [2.75, 3.05) is 7.05 Å². The number of carbonyl (C=O) groups excluding carboxylic acids is 1. The lowest BCUT2D eigenvalue weighted by atomic mass is 9.86. The molecule has 2 heterocycles. The van der Waals surface area contributed by atoms with Gasteiger partial charge in [0, 0.05) is 37.2 Å². The van der Waals surface area contributed by atoms with Crippen molar-refractivity contribution in [3.8, 4) is 0 Å². The van der Waals surface area contributed by atoms with E-state index in [0.717, 1.165) is 17.5 Å². The highest BCUT2D eigenvalue weighted by atomic mass is 16.2. The Labute approximate surface area is 156 Å². The van der Waals surface area contributed by atoms with E-state index in [1.54, 1.807) is 18.1 Å². The van der Waals surface area contributed by atoms with Gasteiger partial charge >= 0.3 is 6.03 Å². The summed E-state index contributed by atoms with van der Waals surface area (Å²) in [5, 5.41) is 7.49. The largest absolute Gasteiger partial charge is 0.331 e. The van der Waals surface area contributed by atoms with Crippen LogP contribution >= 0.6 is 0 Å². The van der Waals surface area contributed by atoms with Crippen molar-refractivity contribution >= 4 is 6.03 Å². The van der Waals surface area contributed by atoms with Crippen molar-refractivity contribution in [3.05, 3.63) is 48.0 Å². The first kappa shape index (κ1) is 19.9. The predicted octanol–water partition coefficient (Wildman–Crippen LogP) is 4.18. The van der Waals surface area contributed by atoms with E-state index in [0.29, 0.717) is 12.6 Å². The van der Waals surface area contributed by atoms with E-state index in [9.17, 15) is 4.79 Å². The first-order valence-corrected chi connectivity index (χ1v) is 9.10. The number of hydrogen-bond acceptors (Lipinski definition) is 3. The number of pyridine rings is 1. The van der Waals surface area contributed by atoms with E-state index in [-0.39, 0.29) is 17.5 Å². The third-order valence-electron chi connectivity index (χ3n) is 4.15. The second-order valence-corrected chi connectivity index (χ2v) is 8.33. The molecule has 0 aliphatic heterocycles. The first-order chi connectivity index (χ1) is 12.2. The van der Waals surface area contributed by atoms with Crippen LogP contribution in [0.25, 0.3) is 0 Å². The van der Waals surface area contributed by atoms with Crippen LogP contribution in [0.2, 0.25) is 0 Å². The molecule has 0 fully saturated rings. The minimum Gasteiger partial charge on any atom is -0.331 e. The molecule has 0 aromatic carbocycles. The van der Waals surface area contributed by atoms with Gasteiger partial charge in [0.25, 0.3) is 0 Å². The van der Waals surface area contributed by atoms with Crippen LogP contribution in [-0.2, 0) is 6.54 Å². The summed E-state index contributed by atoms with van der Waals surface area (Å²) < 4.78 is 1.90. The Hall–Kier alpha value is -2.37. The maximum Gasteiger partial charge on any atom is 0.317 e. The van der Waals surface area contributed by atoms with Gasteiger partial charge in [0.15, 0.2) is 0 Å². The number of carbonyl (C=O) groups is 1. The van der Waals surface area contributed by atoms with Gasteiger partial charge in [-0.2, -0.15) is 5.10 Å². The third kappa shape index (κ3) is 5.86. The van der Waals surface area contributed by atoms with Crippen LogP contribution in [0.4, 0.5) is 4.79 Å². The number of urea groups is 1. The van der Waals surface area contributed by atoms with Crippen molar-refractivity contribution < 1.29 is 4.79 Å². The predicted molar refractivity (Wildman–Crippen MR) is 104 cm³/mol. The summed E-state index contributed by atoms with van der Waals surface area (Å²) >= 11 is 0. The zero-order valence-corrected chi connectivity index (χ0v) is 16.7. The molecular weight excluding hydrogens is 326 g/mol. The van der Waals surface area contributed by atoms with Crippen LogP contribution in [0.3, 0.4) is 0 Å². The molecule has 2 amide bonds. The van der Waals surface area contributed by atoms with E-state index >= 15 is 0 Å². The molecule has 2 aromatic heterocycles. The molecule has 0 saturated heterocycles. The number of nitrogens with zero attached hydrogens (tertiary/aromatic N) is 4. The maximum absolute atomic E-state index is 12.7. The summed E-state index contributed by atoms with van der Waals surface area (Å²) in [6.45, 7) is 11.2. The van der Waals surface area contributed by atoms with E-state index in [1.165, 1.54) is 0 Å². The molecule has 1 N–H and O–H groups in total. The molecule has 142 valence electrons. The Morgan fingerprint density at radius 1 is 1.31 bits per heavy atom. The van der Waals surface area contributed by atoms with Gasteiger partial charge in [-0.05, 0) is 37.3 Å². The fourth-order valence-corrected chi connectivity index (χ4v) is 2.79. The average Bonchev–Trinajstić information content (AvgIpc) is 3.02. The molecule has 0 saturated carbocycles. The Morgan fingerprint density at radius 2 is 2.04 bits per heavy atom. The van der Waals surface area contributed by atoms with E-state index < -0.39 is 0 Å². The third-order valence-corrected chi connectivity index (χ3v) is 4.15. The quantitative estimate of drug-likeness (QED) is 0.843. The Kier molecular flexibility index (Phi) is 6.40. The molecule has 6 heteroatoms. The topological polar surface area (TPSA) is 63.1 Å². The average molecular weight is 358 g/mol. The van der Waals surface area contributed by atoms with Gasteiger partial charge in [-0.25, -0.2) is 4.79 Å². The number of rotatable bonds is 6. The summed E-state index contributed by atoms with van der Waals surface area (Å²) in [7, 11) is 1.80. The van der Waals surface area contributed by atoms with Gasteiger partial charge < -0.3 is 10.2 Å². The number of hydrogen-bond donors (Lipinski definition) is 1. The monoisotopic (exact) mass is 357 g/mol. The van der Waals surface area contributed by atoms with E-state index in [4.69, 9.17) is 0 Å². The minimum atomic E-state index is -0.0969. The van der Waals surface area contributed by atoms with Crippen LogP contribution in [0, 0.1) is 5.41 Å². The maximum atomic E-state index is 12.7. The lowest BCUT2D eigenvalue weighted by molar-refractivity contribution is 0.197. The van der Waals surface area contributed by atoms with Gasteiger partial charge in [-0.3, -0.25) is 9.67 Å². The molecule has 26 heavy (non-hydrogen) atoms. The Bertz CT molecular complexity index is 702. The van der Waals surface area contributed by atoms with E-state index in [1.807, 2.05) is 35.4 Å². The van der Waals surface area contributed by atoms with Crippen LogP contribution < -0.4 is 5.32 Å². The number of nitrogens with one attached hydrogen (secondary N) is 1. The van der Waals surface area contributed by atoms with Crippen molar-refractivity contribution in [3.63, 3.8) is 0 Å². The Balaban J connectivity index is 2.05. The first-order valence-electron chi connectivity index (χ1n) is 9.10. The standard InChI is InChI=1S/C20H31N5O/c1-15(2)25-14-16(11-22-25)13-24(6)19(26)23-18(10-20(3,4)5)17-8-7-9-21-12-17/h7-9,11-12,14-15,18H,10,13H2,1-6H3,(H,23,26)/t18-/m0/s1. The van der Waals surface area contributed by atoms with Gasteiger partial charge in [-0.15, -0.1) is 0 Å². The molecule has 0 radical (unpaired) electrons. The molecule has 0 bridgehead atoms. The molecule has 6 nitrogen and oxygen atoms in total. The zero-order chi connectivity index (χ0) is 19.3. The van der Waals surface area contributed by atoms with Crippen molar-refractivity contribution in [1.29, 1.82) is 0 Å². The van der Waals surface area contributed by atoms with Crippen LogP contribution in [0.5, 0.6) is 0 Å². The summed E-state index contributed by atoms with van der Waals surface area (Å²) in [4.78, 5) is 18.6. The Morgan fingerprint density at radius 3 is 2.58 bits per heavy atom. The highest BCUT2D eigenvalue weighted by molar-refractivity contribution is 5.74. The molecule has 0 aliphatic carbocycles. The highest BCUT2D eigenvalue weighted by Crippen LogP contribution is 2.29. The summed E-state index contributed by atoms with van der Waals surface area (Å²) in [6, 6.07) is 4.06. The second-order valence-electron chi connectivity index (χ2n) is 8.33. The lowest BCUT2D eigenvalue weighted by Crippen LogP contribution is -2.40. The zero-order valence-electron chi connectivity index (χ0n) is 16.7. The summed E-state index contributed by atoms with van der Waals surface area (Å²) in [5.41, 5.74) is 2.13. The molecular formula is C20H31N5O. The van der Waals surface area contributed by atoms with Crippen molar-refractivity contribution in [2.24, 2.45) is 5.41 Å². The normalized spacial score (nSPS) is 12.9. The number of aromatic nitrogens is 3. The molecule has 2 aromatic rings. The SMILES string of the molecule is CC(C)n1cc(CN(C)C(=O)N[C@@H](CC(C)(C)C)c2cccnc2)cn1. The van der Waals surface area contributed by atoms with Gasteiger partial charge in [0.1, 0.15) is 0 Å². The summed E-state index contributed by atoms with van der Waals surface area (Å²) in [5.74, 6) is 0. The van der Waals surface area contributed by atoms with Gasteiger partial charge in [0.05, 0.1) is 18.8 Å². The fraction of sp³-hybridized carbons (Fsp3) is 0.550.